The molecule has 4 heteroatoms. The van der Waals surface area contributed by atoms with Crippen LogP contribution in [0, 0.1) is 0 Å². The lowest BCUT2D eigenvalue weighted by Gasteiger charge is -2.23. The van der Waals surface area contributed by atoms with E-state index in [0.717, 1.165) is 30.7 Å². The Bertz CT molecular complexity index is 385. The summed E-state index contributed by atoms with van der Waals surface area (Å²) in [6.45, 7) is 5.85. The summed E-state index contributed by atoms with van der Waals surface area (Å²) in [5.41, 5.74) is 2.64. The molecule has 0 heterocycles. The van der Waals surface area contributed by atoms with Crippen molar-refractivity contribution in [2.75, 3.05) is 38.8 Å². The van der Waals surface area contributed by atoms with Gasteiger partial charge in [0.15, 0.2) is 0 Å². The van der Waals surface area contributed by atoms with E-state index in [4.69, 9.17) is 4.74 Å². The summed E-state index contributed by atoms with van der Waals surface area (Å²) in [7, 11) is 3.91. The van der Waals surface area contributed by atoms with Crippen LogP contribution in [0.3, 0.4) is 0 Å². The first-order valence-electron chi connectivity index (χ1n) is 7.38. The van der Waals surface area contributed by atoms with Gasteiger partial charge in [0.25, 0.3) is 0 Å². The normalized spacial score (nSPS) is 10.8. The fourth-order valence-electron chi connectivity index (χ4n) is 2.18. The van der Waals surface area contributed by atoms with Crippen LogP contribution in [0.1, 0.15) is 31.7 Å². The van der Waals surface area contributed by atoms with Gasteiger partial charge in [0, 0.05) is 44.0 Å². The van der Waals surface area contributed by atoms with Crippen molar-refractivity contribution < 1.29 is 4.74 Å². The molecule has 0 aliphatic rings. The van der Waals surface area contributed by atoms with Crippen molar-refractivity contribution in [3.8, 4) is 0 Å². The van der Waals surface area contributed by atoms with Crippen LogP contribution in [0.2, 0.25) is 0 Å². The molecule has 0 amide bonds. The molecule has 1 aromatic carbocycles. The number of unbranched alkanes of at least 4 members (excludes halogenated alkanes) is 2. The fourth-order valence-corrected chi connectivity index (χ4v) is 2.59. The third-order valence-electron chi connectivity index (χ3n) is 3.35. The largest absolute Gasteiger partial charge is 0.383 e. The molecule has 1 N–H and O–H groups in total. The van der Waals surface area contributed by atoms with Crippen LogP contribution in [-0.2, 0) is 11.3 Å². The van der Waals surface area contributed by atoms with Crippen LogP contribution in [-0.4, -0.2) is 33.9 Å². The molecule has 0 aliphatic carbocycles. The Morgan fingerprint density at radius 2 is 2.10 bits per heavy atom. The van der Waals surface area contributed by atoms with Gasteiger partial charge in [-0.25, -0.2) is 0 Å². The highest BCUT2D eigenvalue weighted by Gasteiger charge is 2.07. The molecule has 114 valence electrons. The Hall–Kier alpha value is -0.580. The van der Waals surface area contributed by atoms with Gasteiger partial charge in [-0.3, -0.25) is 0 Å². The molecule has 0 atom stereocenters. The zero-order valence-corrected chi connectivity index (χ0v) is 14.5. The molecule has 0 saturated carbocycles. The van der Waals surface area contributed by atoms with Crippen molar-refractivity contribution in [3.05, 3.63) is 28.2 Å². The van der Waals surface area contributed by atoms with E-state index in [0.29, 0.717) is 0 Å². The summed E-state index contributed by atoms with van der Waals surface area (Å²) in [5, 5.41) is 3.42. The Morgan fingerprint density at radius 3 is 2.80 bits per heavy atom. The molecule has 0 radical (unpaired) electrons. The lowest BCUT2D eigenvalue weighted by Crippen LogP contribution is -2.23. The smallest absolute Gasteiger partial charge is 0.0587 e. The van der Waals surface area contributed by atoms with Gasteiger partial charge in [-0.1, -0.05) is 35.7 Å². The number of methoxy groups -OCH3 is 1. The summed E-state index contributed by atoms with van der Waals surface area (Å²) in [4.78, 5) is 2.36. The maximum absolute atomic E-state index is 5.06. The van der Waals surface area contributed by atoms with Gasteiger partial charge in [-0.15, -0.1) is 0 Å². The molecule has 0 bridgehead atoms. The number of ether oxygens (including phenoxy) is 1. The Balaban J connectivity index is 2.63. The van der Waals surface area contributed by atoms with Crippen LogP contribution >= 0.6 is 15.9 Å². The summed E-state index contributed by atoms with van der Waals surface area (Å²) < 4.78 is 6.20. The van der Waals surface area contributed by atoms with E-state index < -0.39 is 0 Å². The third-order valence-corrected chi connectivity index (χ3v) is 3.84. The molecular weight excluding hydrogens is 316 g/mol. The van der Waals surface area contributed by atoms with E-state index in [1.165, 1.54) is 30.5 Å². The van der Waals surface area contributed by atoms with E-state index in [9.17, 15) is 0 Å². The average Bonchev–Trinajstić information content (AvgIpc) is 2.44. The van der Waals surface area contributed by atoms with E-state index in [-0.39, 0.29) is 0 Å². The van der Waals surface area contributed by atoms with Crippen molar-refractivity contribution in [1.82, 2.24) is 5.32 Å². The zero-order valence-electron chi connectivity index (χ0n) is 12.9. The summed E-state index contributed by atoms with van der Waals surface area (Å²) in [6, 6.07) is 6.51. The third kappa shape index (κ3) is 6.25. The molecule has 0 saturated heterocycles. The monoisotopic (exact) mass is 342 g/mol. The summed E-state index contributed by atoms with van der Waals surface area (Å²) >= 11 is 3.56. The highest BCUT2D eigenvalue weighted by Crippen LogP contribution is 2.24. The molecule has 0 fully saturated rings. The van der Waals surface area contributed by atoms with Crippen LogP contribution < -0.4 is 10.2 Å². The lowest BCUT2D eigenvalue weighted by atomic mass is 10.1. The first-order chi connectivity index (χ1) is 9.69. The number of benzene rings is 1. The quantitative estimate of drug-likeness (QED) is 0.654. The SMILES string of the molecule is CCCCCN(C)c1ccc(Br)cc1CNCCOC. The maximum Gasteiger partial charge on any atom is 0.0587 e. The Morgan fingerprint density at radius 1 is 1.30 bits per heavy atom. The number of nitrogens with one attached hydrogen (secondary N) is 1. The molecule has 20 heavy (non-hydrogen) atoms. The number of halogens is 1. The van der Waals surface area contributed by atoms with Gasteiger partial charge < -0.3 is 15.0 Å². The standard InChI is InChI=1S/C16H27BrN2O/c1-4-5-6-10-19(2)16-8-7-15(17)12-14(16)13-18-9-11-20-3/h7-8,12,18H,4-6,9-11,13H2,1-3H3. The van der Waals surface area contributed by atoms with Gasteiger partial charge in [-0.2, -0.15) is 0 Å². The van der Waals surface area contributed by atoms with Crippen molar-refractivity contribution in [2.24, 2.45) is 0 Å². The van der Waals surface area contributed by atoms with Crippen molar-refractivity contribution >= 4 is 21.6 Å². The predicted octanol–water partition coefficient (Wildman–Crippen LogP) is 3.81. The number of rotatable bonds is 10. The van der Waals surface area contributed by atoms with Gasteiger partial charge >= 0.3 is 0 Å². The predicted molar refractivity (Wildman–Crippen MR) is 90.5 cm³/mol. The Labute approximate surface area is 131 Å². The topological polar surface area (TPSA) is 24.5 Å². The van der Waals surface area contributed by atoms with Crippen molar-refractivity contribution in [1.29, 1.82) is 0 Å². The minimum Gasteiger partial charge on any atom is -0.383 e. The van der Waals surface area contributed by atoms with Gasteiger partial charge in [0.05, 0.1) is 6.61 Å². The van der Waals surface area contributed by atoms with Crippen LogP contribution in [0.15, 0.2) is 22.7 Å². The highest BCUT2D eigenvalue weighted by molar-refractivity contribution is 9.10. The van der Waals surface area contributed by atoms with Crippen molar-refractivity contribution in [2.45, 2.75) is 32.7 Å². The lowest BCUT2D eigenvalue weighted by molar-refractivity contribution is 0.199. The van der Waals surface area contributed by atoms with E-state index >= 15 is 0 Å². The van der Waals surface area contributed by atoms with Crippen LogP contribution in [0.4, 0.5) is 5.69 Å². The van der Waals surface area contributed by atoms with Gasteiger partial charge in [0.2, 0.25) is 0 Å². The molecule has 0 spiro atoms. The number of anilines is 1. The van der Waals surface area contributed by atoms with Crippen LogP contribution in [0.25, 0.3) is 0 Å². The van der Waals surface area contributed by atoms with Gasteiger partial charge in [0.1, 0.15) is 0 Å². The molecule has 0 unspecified atom stereocenters. The second-order valence-electron chi connectivity index (χ2n) is 5.07. The first kappa shape index (κ1) is 17.5. The molecule has 3 nitrogen and oxygen atoms in total. The fraction of sp³-hybridized carbons (Fsp3) is 0.625. The number of nitrogens with zero attached hydrogens (tertiary/aromatic N) is 1. The summed E-state index contributed by atoms with van der Waals surface area (Å²) in [6.07, 6.45) is 3.81. The van der Waals surface area contributed by atoms with Crippen molar-refractivity contribution in [3.63, 3.8) is 0 Å². The minimum absolute atomic E-state index is 0.746. The van der Waals surface area contributed by atoms with Crippen LogP contribution in [0.5, 0.6) is 0 Å². The Kier molecular flexibility index (Phi) is 8.90. The van der Waals surface area contributed by atoms with E-state index in [1.54, 1.807) is 7.11 Å². The number of hydrogen-bond acceptors (Lipinski definition) is 3. The minimum atomic E-state index is 0.746. The second-order valence-corrected chi connectivity index (χ2v) is 5.99. The van der Waals surface area contributed by atoms with E-state index in [1.807, 2.05) is 0 Å². The molecular formula is C16H27BrN2O. The van der Waals surface area contributed by atoms with E-state index in [2.05, 4.69) is 58.3 Å². The zero-order chi connectivity index (χ0) is 14.8. The highest BCUT2D eigenvalue weighted by atomic mass is 79.9. The first-order valence-corrected chi connectivity index (χ1v) is 8.17. The maximum atomic E-state index is 5.06. The molecule has 0 aliphatic heterocycles. The van der Waals surface area contributed by atoms with Gasteiger partial charge in [-0.05, 0) is 30.2 Å². The molecule has 1 aromatic rings. The summed E-state index contributed by atoms with van der Waals surface area (Å²) in [5.74, 6) is 0. The molecule has 1 rings (SSSR count). The number of hydrogen-bond donors (Lipinski definition) is 1. The molecule has 0 aromatic heterocycles. The average molecular weight is 343 g/mol. The second kappa shape index (κ2) is 10.2.